The topological polar surface area (TPSA) is 24.5 Å². The van der Waals surface area contributed by atoms with Gasteiger partial charge in [0, 0.05) is 30.9 Å². The summed E-state index contributed by atoms with van der Waals surface area (Å²) in [6.45, 7) is 3.22. The van der Waals surface area contributed by atoms with E-state index >= 15 is 0 Å². The first-order chi connectivity index (χ1) is 12.4. The molecule has 6 heteroatoms. The van der Waals surface area contributed by atoms with Gasteiger partial charge in [-0.1, -0.05) is 24.3 Å². The number of hydrogen-bond donors (Lipinski definition) is 1. The molecule has 2 aromatic rings. The second-order valence-corrected chi connectivity index (χ2v) is 6.61. The highest BCUT2D eigenvalue weighted by atomic mass is 19.4. The van der Waals surface area contributed by atoms with Gasteiger partial charge in [0.05, 0.1) is 12.7 Å². The van der Waals surface area contributed by atoms with Gasteiger partial charge in [0.15, 0.2) is 0 Å². The van der Waals surface area contributed by atoms with Crippen molar-refractivity contribution in [3.05, 3.63) is 59.7 Å². The van der Waals surface area contributed by atoms with Gasteiger partial charge < -0.3 is 15.0 Å². The van der Waals surface area contributed by atoms with E-state index in [0.717, 1.165) is 23.8 Å². The molecule has 0 spiro atoms. The van der Waals surface area contributed by atoms with Gasteiger partial charge in [0.25, 0.3) is 0 Å². The van der Waals surface area contributed by atoms with Crippen molar-refractivity contribution < 1.29 is 17.9 Å². The van der Waals surface area contributed by atoms with Crippen molar-refractivity contribution in [2.45, 2.75) is 31.6 Å². The zero-order chi connectivity index (χ0) is 18.7. The molecule has 0 amide bonds. The number of methoxy groups -OCH3 is 1. The fraction of sp³-hybridized carbons (Fsp3) is 0.400. The lowest BCUT2D eigenvalue weighted by molar-refractivity contribution is -0.137. The molecule has 1 aliphatic heterocycles. The van der Waals surface area contributed by atoms with Crippen molar-refractivity contribution in [2.75, 3.05) is 25.1 Å². The Balaban J connectivity index is 1.68. The maximum Gasteiger partial charge on any atom is 0.418 e. The summed E-state index contributed by atoms with van der Waals surface area (Å²) >= 11 is 0. The molecule has 0 aromatic heterocycles. The van der Waals surface area contributed by atoms with Crippen LogP contribution in [0, 0.1) is 0 Å². The molecule has 26 heavy (non-hydrogen) atoms. The second kappa shape index (κ2) is 7.58. The maximum atomic E-state index is 13.2. The van der Waals surface area contributed by atoms with Crippen molar-refractivity contribution in [1.29, 1.82) is 0 Å². The minimum Gasteiger partial charge on any atom is -0.497 e. The van der Waals surface area contributed by atoms with Crippen LogP contribution in [0.1, 0.15) is 30.5 Å². The van der Waals surface area contributed by atoms with Crippen molar-refractivity contribution in [2.24, 2.45) is 0 Å². The van der Waals surface area contributed by atoms with Crippen LogP contribution in [0.3, 0.4) is 0 Å². The Morgan fingerprint density at radius 2 is 1.92 bits per heavy atom. The zero-order valence-corrected chi connectivity index (χ0v) is 14.9. The first-order valence-electron chi connectivity index (χ1n) is 8.69. The van der Waals surface area contributed by atoms with Crippen molar-refractivity contribution in [3.8, 4) is 5.75 Å². The molecule has 1 aliphatic rings. The van der Waals surface area contributed by atoms with Crippen LogP contribution in [0.15, 0.2) is 48.5 Å². The van der Waals surface area contributed by atoms with Gasteiger partial charge in [0.2, 0.25) is 0 Å². The average molecular weight is 364 g/mol. The van der Waals surface area contributed by atoms with Crippen LogP contribution in [-0.2, 0) is 6.18 Å². The summed E-state index contributed by atoms with van der Waals surface area (Å²) in [4.78, 5) is 1.82. The molecule has 0 saturated carbocycles. The van der Waals surface area contributed by atoms with Gasteiger partial charge >= 0.3 is 6.18 Å². The Labute approximate surface area is 151 Å². The molecule has 0 aliphatic carbocycles. The van der Waals surface area contributed by atoms with Crippen LogP contribution in [0.25, 0.3) is 0 Å². The van der Waals surface area contributed by atoms with Crippen LogP contribution in [0.2, 0.25) is 0 Å². The van der Waals surface area contributed by atoms with E-state index in [9.17, 15) is 13.2 Å². The fourth-order valence-electron chi connectivity index (χ4n) is 3.46. The summed E-state index contributed by atoms with van der Waals surface area (Å²) in [5.74, 6) is 0.795. The van der Waals surface area contributed by atoms with E-state index in [1.165, 1.54) is 6.07 Å². The van der Waals surface area contributed by atoms with Crippen molar-refractivity contribution in [1.82, 2.24) is 5.32 Å². The van der Waals surface area contributed by atoms with Gasteiger partial charge in [-0.05, 0) is 43.2 Å². The third-order valence-electron chi connectivity index (χ3n) is 4.82. The Morgan fingerprint density at radius 3 is 2.65 bits per heavy atom. The Hall–Kier alpha value is -2.21. The zero-order valence-electron chi connectivity index (χ0n) is 14.9. The SMILES string of the molecule is COc1cccc([C@@H](C)N[C@@H]2CCN(c3ccccc3C(F)(F)F)C2)c1. The van der Waals surface area contributed by atoms with Gasteiger partial charge in [-0.3, -0.25) is 0 Å². The lowest BCUT2D eigenvalue weighted by atomic mass is 10.1. The fourth-order valence-corrected chi connectivity index (χ4v) is 3.46. The highest BCUT2D eigenvalue weighted by Crippen LogP contribution is 2.37. The lowest BCUT2D eigenvalue weighted by Gasteiger charge is -2.24. The normalized spacial score (nSPS) is 18.8. The molecule has 2 atom stereocenters. The van der Waals surface area contributed by atoms with Gasteiger partial charge in [-0.2, -0.15) is 13.2 Å². The third kappa shape index (κ3) is 4.12. The van der Waals surface area contributed by atoms with Crippen molar-refractivity contribution >= 4 is 5.69 Å². The molecule has 1 saturated heterocycles. The van der Waals surface area contributed by atoms with Crippen LogP contribution < -0.4 is 15.0 Å². The molecule has 3 nitrogen and oxygen atoms in total. The number of anilines is 1. The Bertz CT molecular complexity index is 748. The minimum atomic E-state index is -4.34. The van der Waals surface area contributed by atoms with Crippen LogP contribution in [-0.4, -0.2) is 26.2 Å². The van der Waals surface area contributed by atoms with Gasteiger partial charge in [-0.15, -0.1) is 0 Å². The first-order valence-corrected chi connectivity index (χ1v) is 8.69. The number of hydrogen-bond acceptors (Lipinski definition) is 3. The minimum absolute atomic E-state index is 0.0907. The first kappa shape index (κ1) is 18.6. The highest BCUT2D eigenvalue weighted by molar-refractivity contribution is 5.56. The van der Waals surface area contributed by atoms with Crippen LogP contribution >= 0.6 is 0 Å². The quantitative estimate of drug-likeness (QED) is 0.836. The van der Waals surface area contributed by atoms with E-state index in [2.05, 4.69) is 12.2 Å². The number of alkyl halides is 3. The molecule has 1 heterocycles. The number of nitrogens with zero attached hydrogens (tertiary/aromatic N) is 1. The highest BCUT2D eigenvalue weighted by Gasteiger charge is 2.36. The molecule has 0 bridgehead atoms. The predicted molar refractivity (Wildman–Crippen MR) is 96.6 cm³/mol. The van der Waals surface area contributed by atoms with Gasteiger partial charge in [0.1, 0.15) is 5.75 Å². The van der Waals surface area contributed by atoms with E-state index in [1.54, 1.807) is 19.2 Å². The predicted octanol–water partition coefficient (Wildman–Crippen LogP) is 4.64. The third-order valence-corrected chi connectivity index (χ3v) is 4.82. The number of para-hydroxylation sites is 1. The number of halogens is 3. The van der Waals surface area contributed by atoms with E-state index in [4.69, 9.17) is 4.74 Å². The number of nitrogens with one attached hydrogen (secondary N) is 1. The van der Waals surface area contributed by atoms with E-state index in [-0.39, 0.29) is 17.8 Å². The second-order valence-electron chi connectivity index (χ2n) is 6.61. The van der Waals surface area contributed by atoms with Gasteiger partial charge in [-0.25, -0.2) is 0 Å². The summed E-state index contributed by atoms with van der Waals surface area (Å²) in [5.41, 5.74) is 0.790. The number of benzene rings is 2. The van der Waals surface area contributed by atoms with Crippen molar-refractivity contribution in [3.63, 3.8) is 0 Å². The summed E-state index contributed by atoms with van der Waals surface area (Å²) in [7, 11) is 1.63. The number of ether oxygens (including phenoxy) is 1. The Morgan fingerprint density at radius 1 is 1.15 bits per heavy atom. The summed E-state index contributed by atoms with van der Waals surface area (Å²) in [5, 5.41) is 3.53. The molecular weight excluding hydrogens is 341 g/mol. The molecule has 1 fully saturated rings. The lowest BCUT2D eigenvalue weighted by Crippen LogP contribution is -2.34. The molecule has 0 radical (unpaired) electrons. The van der Waals surface area contributed by atoms with E-state index < -0.39 is 11.7 Å². The summed E-state index contributed by atoms with van der Waals surface area (Å²) in [6.07, 6.45) is -3.53. The average Bonchev–Trinajstić information content (AvgIpc) is 3.09. The number of rotatable bonds is 5. The largest absolute Gasteiger partial charge is 0.497 e. The Kier molecular flexibility index (Phi) is 5.41. The van der Waals surface area contributed by atoms with E-state index in [0.29, 0.717) is 13.1 Å². The van der Waals surface area contributed by atoms with E-state index in [1.807, 2.05) is 29.2 Å². The summed E-state index contributed by atoms with van der Waals surface area (Å²) in [6, 6.07) is 13.8. The van der Waals surface area contributed by atoms with Crippen LogP contribution in [0.4, 0.5) is 18.9 Å². The molecule has 1 N–H and O–H groups in total. The standard InChI is InChI=1S/C20H23F3N2O/c1-14(15-6-5-7-17(12-15)26-2)24-16-10-11-25(13-16)19-9-4-3-8-18(19)20(21,22)23/h3-9,12,14,16,24H,10-11,13H2,1-2H3/t14-,16-/m1/s1. The van der Waals surface area contributed by atoms with Crippen LogP contribution in [0.5, 0.6) is 5.75 Å². The smallest absolute Gasteiger partial charge is 0.418 e. The maximum absolute atomic E-state index is 13.2. The summed E-state index contributed by atoms with van der Waals surface area (Å²) < 4.78 is 45.0. The molecule has 3 rings (SSSR count). The molecule has 140 valence electrons. The molecule has 0 unspecified atom stereocenters. The molecular formula is C20H23F3N2O. The molecule has 2 aromatic carbocycles. The monoisotopic (exact) mass is 364 g/mol.